The molecule has 2 aromatic rings. The lowest BCUT2D eigenvalue weighted by atomic mass is 10.1. The Hall–Kier alpha value is -1.56. The molecule has 1 unspecified atom stereocenters. The number of aliphatic carboxylic acids is 1. The van der Waals surface area contributed by atoms with E-state index in [2.05, 4.69) is 18.8 Å². The van der Waals surface area contributed by atoms with Crippen LogP contribution in [0, 0.1) is 11.7 Å². The summed E-state index contributed by atoms with van der Waals surface area (Å²) in [5, 5.41) is 9.36. The third-order valence-electron chi connectivity index (χ3n) is 3.34. The van der Waals surface area contributed by atoms with Gasteiger partial charge in [0.2, 0.25) is 0 Å². The maximum atomic E-state index is 13.8. The number of halogens is 1. The first-order valence-corrected chi connectivity index (χ1v) is 7.41. The second kappa shape index (κ2) is 5.83. The number of benzene rings is 1. The Kier molecular flexibility index (Phi) is 4.32. The molecule has 0 aliphatic carbocycles. The zero-order valence-corrected chi connectivity index (χ0v) is 12.4. The van der Waals surface area contributed by atoms with Crippen molar-refractivity contribution >= 4 is 28.8 Å². The molecule has 1 atom stereocenters. The Morgan fingerprint density at radius 3 is 2.75 bits per heavy atom. The smallest absolute Gasteiger partial charge is 0.313 e. The maximum absolute atomic E-state index is 13.8. The monoisotopic (exact) mass is 296 g/mol. The maximum Gasteiger partial charge on any atom is 0.313 e. The van der Waals surface area contributed by atoms with Crippen molar-refractivity contribution in [2.45, 2.75) is 32.0 Å². The summed E-state index contributed by atoms with van der Waals surface area (Å²) in [4.78, 5) is 15.0. The summed E-state index contributed by atoms with van der Waals surface area (Å²) < 4.78 is 15.8. The summed E-state index contributed by atoms with van der Waals surface area (Å²) in [5.41, 5.74) is 1.01. The van der Waals surface area contributed by atoms with Crippen LogP contribution in [0.25, 0.3) is 11.0 Å². The van der Waals surface area contributed by atoms with Crippen LogP contribution in [0.4, 0.5) is 4.39 Å². The Balaban J connectivity index is 2.56. The Morgan fingerprint density at radius 1 is 1.45 bits per heavy atom. The highest BCUT2D eigenvalue weighted by Gasteiger charge is 2.20. The minimum absolute atomic E-state index is 0.0875. The van der Waals surface area contributed by atoms with E-state index in [4.69, 9.17) is 5.11 Å². The van der Waals surface area contributed by atoms with Crippen LogP contribution >= 0.6 is 11.8 Å². The van der Waals surface area contributed by atoms with Gasteiger partial charge in [-0.2, -0.15) is 0 Å². The van der Waals surface area contributed by atoms with E-state index in [-0.39, 0.29) is 17.6 Å². The number of para-hydroxylation sites is 1. The molecule has 20 heavy (non-hydrogen) atoms. The third-order valence-corrected chi connectivity index (χ3v) is 4.27. The molecule has 1 aromatic carbocycles. The lowest BCUT2D eigenvalue weighted by Gasteiger charge is -2.20. The van der Waals surface area contributed by atoms with Crippen LogP contribution in [-0.2, 0) is 4.79 Å². The van der Waals surface area contributed by atoms with E-state index >= 15 is 0 Å². The standard InChI is InChI=1S/C14H17FN2O2S/c1-8(2)9(3)17-11-6-4-5-10(15)13(11)16-14(17)20-7-12(18)19/h4-6,8-9H,7H2,1-3H3,(H,18,19). The summed E-state index contributed by atoms with van der Waals surface area (Å²) in [7, 11) is 0. The van der Waals surface area contributed by atoms with Crippen LogP contribution in [0.1, 0.15) is 26.8 Å². The van der Waals surface area contributed by atoms with Crippen LogP contribution in [0.2, 0.25) is 0 Å². The lowest BCUT2D eigenvalue weighted by molar-refractivity contribution is -0.133. The van der Waals surface area contributed by atoms with Gasteiger partial charge < -0.3 is 9.67 Å². The van der Waals surface area contributed by atoms with Crippen molar-refractivity contribution in [1.29, 1.82) is 0 Å². The van der Waals surface area contributed by atoms with E-state index in [0.29, 0.717) is 22.1 Å². The van der Waals surface area contributed by atoms with Crippen LogP contribution in [0.3, 0.4) is 0 Å². The highest BCUT2D eigenvalue weighted by atomic mass is 32.2. The average Bonchev–Trinajstić information content (AvgIpc) is 2.75. The number of hydrogen-bond acceptors (Lipinski definition) is 3. The number of carboxylic acids is 1. The van der Waals surface area contributed by atoms with Gasteiger partial charge in [-0.3, -0.25) is 4.79 Å². The van der Waals surface area contributed by atoms with Gasteiger partial charge in [-0.25, -0.2) is 9.37 Å². The molecule has 0 fully saturated rings. The van der Waals surface area contributed by atoms with Crippen molar-refractivity contribution in [3.63, 3.8) is 0 Å². The number of imidazole rings is 1. The quantitative estimate of drug-likeness (QED) is 0.857. The summed E-state index contributed by atoms with van der Waals surface area (Å²) in [6.07, 6.45) is 0. The first kappa shape index (κ1) is 14.8. The molecule has 4 nitrogen and oxygen atoms in total. The second-order valence-corrected chi connectivity index (χ2v) is 5.98. The summed E-state index contributed by atoms with van der Waals surface area (Å²) in [6, 6.07) is 4.94. The lowest BCUT2D eigenvalue weighted by Crippen LogP contribution is -2.13. The molecule has 0 radical (unpaired) electrons. The molecular weight excluding hydrogens is 279 g/mol. The van der Waals surface area contributed by atoms with Gasteiger partial charge in [-0.1, -0.05) is 31.7 Å². The number of nitrogens with zero attached hydrogens (tertiary/aromatic N) is 2. The SMILES string of the molecule is CC(C)C(C)n1c(SCC(=O)O)nc2c(F)cccc21. The van der Waals surface area contributed by atoms with Gasteiger partial charge in [-0.15, -0.1) is 0 Å². The summed E-state index contributed by atoms with van der Waals surface area (Å²) in [5.74, 6) is -1.05. The van der Waals surface area contributed by atoms with Crippen molar-refractivity contribution < 1.29 is 14.3 Å². The summed E-state index contributed by atoms with van der Waals surface area (Å²) >= 11 is 1.12. The molecule has 1 aromatic heterocycles. The van der Waals surface area contributed by atoms with Gasteiger partial charge in [0.05, 0.1) is 11.3 Å². The molecule has 0 saturated heterocycles. The zero-order chi connectivity index (χ0) is 14.9. The van der Waals surface area contributed by atoms with Crippen LogP contribution in [0.5, 0.6) is 0 Å². The Morgan fingerprint density at radius 2 is 2.15 bits per heavy atom. The zero-order valence-electron chi connectivity index (χ0n) is 11.6. The topological polar surface area (TPSA) is 55.1 Å². The Bertz CT molecular complexity index is 639. The van der Waals surface area contributed by atoms with E-state index in [1.165, 1.54) is 6.07 Å². The number of rotatable bonds is 5. The first-order chi connectivity index (χ1) is 9.41. The predicted molar refractivity (Wildman–Crippen MR) is 77.6 cm³/mol. The third kappa shape index (κ3) is 2.80. The van der Waals surface area contributed by atoms with Gasteiger partial charge in [0, 0.05) is 6.04 Å². The number of carbonyl (C=O) groups is 1. The normalized spacial score (nSPS) is 13.1. The molecule has 0 saturated carbocycles. The van der Waals surface area contributed by atoms with Crippen molar-refractivity contribution in [1.82, 2.24) is 9.55 Å². The van der Waals surface area contributed by atoms with Gasteiger partial charge in [0.25, 0.3) is 0 Å². The minimum atomic E-state index is -0.911. The van der Waals surface area contributed by atoms with Crippen molar-refractivity contribution in [2.75, 3.05) is 5.75 Å². The molecule has 2 rings (SSSR count). The molecule has 6 heteroatoms. The number of aromatic nitrogens is 2. The first-order valence-electron chi connectivity index (χ1n) is 6.43. The van der Waals surface area contributed by atoms with Gasteiger partial charge in [0.1, 0.15) is 5.52 Å². The van der Waals surface area contributed by atoms with E-state index < -0.39 is 5.97 Å². The van der Waals surface area contributed by atoms with Crippen molar-refractivity contribution in [3.8, 4) is 0 Å². The van der Waals surface area contributed by atoms with Gasteiger partial charge >= 0.3 is 5.97 Å². The molecule has 0 aliphatic rings. The number of fused-ring (bicyclic) bond motifs is 1. The fraction of sp³-hybridized carbons (Fsp3) is 0.429. The minimum Gasteiger partial charge on any atom is -0.481 e. The van der Waals surface area contributed by atoms with Crippen molar-refractivity contribution in [2.24, 2.45) is 5.92 Å². The largest absolute Gasteiger partial charge is 0.481 e. The molecular formula is C14H17FN2O2S. The van der Waals surface area contributed by atoms with Gasteiger partial charge in [-0.05, 0) is 25.0 Å². The molecule has 1 heterocycles. The summed E-state index contributed by atoms with van der Waals surface area (Å²) in [6.45, 7) is 6.17. The van der Waals surface area contributed by atoms with E-state index in [1.807, 2.05) is 17.6 Å². The van der Waals surface area contributed by atoms with Crippen LogP contribution in [0.15, 0.2) is 23.4 Å². The molecule has 0 aliphatic heterocycles. The van der Waals surface area contributed by atoms with E-state index in [1.54, 1.807) is 6.07 Å². The Labute approximate surface area is 121 Å². The molecule has 108 valence electrons. The van der Waals surface area contributed by atoms with Gasteiger partial charge in [0.15, 0.2) is 11.0 Å². The number of thioether (sulfide) groups is 1. The number of carboxylic acid groups (broad SMARTS) is 1. The van der Waals surface area contributed by atoms with Crippen molar-refractivity contribution in [3.05, 3.63) is 24.0 Å². The molecule has 0 amide bonds. The van der Waals surface area contributed by atoms with Crippen LogP contribution < -0.4 is 0 Å². The molecule has 0 spiro atoms. The van der Waals surface area contributed by atoms with E-state index in [0.717, 1.165) is 11.8 Å². The fourth-order valence-corrected chi connectivity index (χ4v) is 2.79. The fourth-order valence-electron chi connectivity index (χ4n) is 1.98. The second-order valence-electron chi connectivity index (χ2n) is 5.04. The predicted octanol–water partition coefficient (Wildman–Crippen LogP) is 3.57. The highest BCUT2D eigenvalue weighted by Crippen LogP contribution is 2.31. The average molecular weight is 296 g/mol. The number of hydrogen-bond donors (Lipinski definition) is 1. The molecule has 1 N–H and O–H groups in total. The molecule has 0 bridgehead atoms. The van der Waals surface area contributed by atoms with Crippen LogP contribution in [-0.4, -0.2) is 26.4 Å². The van der Waals surface area contributed by atoms with E-state index in [9.17, 15) is 9.18 Å². The highest BCUT2D eigenvalue weighted by molar-refractivity contribution is 7.99.